The van der Waals surface area contributed by atoms with E-state index in [1.54, 1.807) is 0 Å². The first-order chi connectivity index (χ1) is 5.29. The minimum absolute atomic E-state index is 0.198. The molecule has 1 rings (SSSR count). The summed E-state index contributed by atoms with van der Waals surface area (Å²) in [5.74, 6) is -0.198. The molecule has 0 saturated carbocycles. The van der Waals surface area contributed by atoms with Crippen molar-refractivity contribution < 1.29 is 9.53 Å². The van der Waals surface area contributed by atoms with Crippen LogP contribution >= 0.6 is 0 Å². The molecule has 0 aromatic heterocycles. The van der Waals surface area contributed by atoms with Crippen LogP contribution in [0.1, 0.15) is 19.8 Å². The molecule has 1 aliphatic rings. The van der Waals surface area contributed by atoms with Gasteiger partial charge in [0.2, 0.25) is 0 Å². The standard InChI is InChI=1S/C9H12O2/c1-8(10)11-7-6-9-4-2-3-5-9/h2-4H,5-7H2,1H3. The number of carbonyl (C=O) groups excluding carboxylic acids is 1. The zero-order valence-corrected chi connectivity index (χ0v) is 6.67. The Hall–Kier alpha value is -1.05. The van der Waals surface area contributed by atoms with Crippen LogP contribution in [0.15, 0.2) is 23.8 Å². The van der Waals surface area contributed by atoms with Crippen molar-refractivity contribution in [1.29, 1.82) is 0 Å². The summed E-state index contributed by atoms with van der Waals surface area (Å²) in [6, 6.07) is 0. The lowest BCUT2D eigenvalue weighted by Gasteiger charge is -2.01. The summed E-state index contributed by atoms with van der Waals surface area (Å²) >= 11 is 0. The number of hydrogen-bond acceptors (Lipinski definition) is 2. The van der Waals surface area contributed by atoms with E-state index in [2.05, 4.69) is 12.2 Å². The van der Waals surface area contributed by atoms with E-state index in [1.807, 2.05) is 6.08 Å². The first-order valence-electron chi connectivity index (χ1n) is 3.77. The SMILES string of the molecule is CC(=O)OCCC1=CC=CC1. The molecule has 0 atom stereocenters. The van der Waals surface area contributed by atoms with E-state index in [4.69, 9.17) is 4.74 Å². The van der Waals surface area contributed by atoms with Gasteiger partial charge in [0, 0.05) is 13.3 Å². The Kier molecular flexibility index (Phi) is 2.90. The zero-order chi connectivity index (χ0) is 8.10. The first-order valence-corrected chi connectivity index (χ1v) is 3.77. The predicted molar refractivity (Wildman–Crippen MR) is 43.1 cm³/mol. The van der Waals surface area contributed by atoms with E-state index >= 15 is 0 Å². The van der Waals surface area contributed by atoms with E-state index in [-0.39, 0.29) is 5.97 Å². The average molecular weight is 152 g/mol. The molecule has 0 radical (unpaired) electrons. The topological polar surface area (TPSA) is 26.3 Å². The molecule has 0 spiro atoms. The highest BCUT2D eigenvalue weighted by Gasteiger charge is 1.99. The zero-order valence-electron chi connectivity index (χ0n) is 6.67. The van der Waals surface area contributed by atoms with Crippen LogP contribution in [0.5, 0.6) is 0 Å². The maximum Gasteiger partial charge on any atom is 0.302 e. The monoisotopic (exact) mass is 152 g/mol. The van der Waals surface area contributed by atoms with Crippen molar-refractivity contribution in [3.05, 3.63) is 23.8 Å². The van der Waals surface area contributed by atoms with Crippen LogP contribution in [0, 0.1) is 0 Å². The Bertz CT molecular complexity index is 202. The van der Waals surface area contributed by atoms with Gasteiger partial charge in [0.15, 0.2) is 0 Å². The molecule has 2 heteroatoms. The summed E-state index contributed by atoms with van der Waals surface area (Å²) < 4.78 is 4.80. The van der Waals surface area contributed by atoms with Crippen molar-refractivity contribution in [2.24, 2.45) is 0 Å². The highest BCUT2D eigenvalue weighted by atomic mass is 16.5. The third-order valence-electron chi connectivity index (χ3n) is 1.58. The minimum Gasteiger partial charge on any atom is -0.466 e. The summed E-state index contributed by atoms with van der Waals surface area (Å²) in [6.45, 7) is 1.95. The van der Waals surface area contributed by atoms with Gasteiger partial charge in [0.05, 0.1) is 6.61 Å². The molecular weight excluding hydrogens is 140 g/mol. The molecule has 2 nitrogen and oxygen atoms in total. The van der Waals surface area contributed by atoms with E-state index in [0.29, 0.717) is 6.61 Å². The highest BCUT2D eigenvalue weighted by Crippen LogP contribution is 2.13. The lowest BCUT2D eigenvalue weighted by Crippen LogP contribution is -2.00. The van der Waals surface area contributed by atoms with Crippen molar-refractivity contribution in [2.75, 3.05) is 6.61 Å². The summed E-state index contributed by atoms with van der Waals surface area (Å²) in [6.07, 6.45) is 8.09. The molecule has 1 aliphatic carbocycles. The molecule has 0 aliphatic heterocycles. The van der Waals surface area contributed by atoms with Gasteiger partial charge in [-0.1, -0.05) is 23.8 Å². The second-order valence-corrected chi connectivity index (χ2v) is 2.55. The molecule has 11 heavy (non-hydrogen) atoms. The van der Waals surface area contributed by atoms with E-state index in [1.165, 1.54) is 12.5 Å². The lowest BCUT2D eigenvalue weighted by atomic mass is 10.2. The summed E-state index contributed by atoms with van der Waals surface area (Å²) in [5, 5.41) is 0. The van der Waals surface area contributed by atoms with Crippen molar-refractivity contribution in [1.82, 2.24) is 0 Å². The molecule has 0 unspecified atom stereocenters. The molecule has 60 valence electrons. The Morgan fingerprint density at radius 1 is 1.73 bits per heavy atom. The number of ether oxygens (including phenoxy) is 1. The van der Waals surface area contributed by atoms with Crippen molar-refractivity contribution >= 4 is 5.97 Å². The van der Waals surface area contributed by atoms with Crippen molar-refractivity contribution in [3.63, 3.8) is 0 Å². The number of hydrogen-bond donors (Lipinski definition) is 0. The first kappa shape index (κ1) is 8.05. The van der Waals surface area contributed by atoms with Gasteiger partial charge < -0.3 is 4.74 Å². The Balaban J connectivity index is 2.09. The molecule has 0 amide bonds. The summed E-state index contributed by atoms with van der Waals surface area (Å²) in [4.78, 5) is 10.4. The van der Waals surface area contributed by atoms with Gasteiger partial charge in [-0.2, -0.15) is 0 Å². The number of carbonyl (C=O) groups is 1. The fourth-order valence-corrected chi connectivity index (χ4v) is 1.00. The van der Waals surface area contributed by atoms with Crippen LogP contribution in [0.2, 0.25) is 0 Å². The van der Waals surface area contributed by atoms with Crippen LogP contribution in [0.4, 0.5) is 0 Å². The Morgan fingerprint density at radius 3 is 3.09 bits per heavy atom. The fourth-order valence-electron chi connectivity index (χ4n) is 1.00. The van der Waals surface area contributed by atoms with Gasteiger partial charge in [0.1, 0.15) is 0 Å². The smallest absolute Gasteiger partial charge is 0.302 e. The van der Waals surface area contributed by atoms with Gasteiger partial charge in [-0.15, -0.1) is 0 Å². The third-order valence-corrected chi connectivity index (χ3v) is 1.58. The Labute approximate surface area is 66.5 Å². The number of esters is 1. The van der Waals surface area contributed by atoms with Gasteiger partial charge in [-0.3, -0.25) is 4.79 Å². The molecule has 0 fully saturated rings. The average Bonchev–Trinajstić information content (AvgIpc) is 2.39. The van der Waals surface area contributed by atoms with Crippen LogP contribution in [-0.4, -0.2) is 12.6 Å². The Morgan fingerprint density at radius 2 is 2.55 bits per heavy atom. The molecule has 0 saturated heterocycles. The molecular formula is C9H12O2. The summed E-state index contributed by atoms with van der Waals surface area (Å²) in [5.41, 5.74) is 1.34. The van der Waals surface area contributed by atoms with Crippen LogP contribution in [-0.2, 0) is 9.53 Å². The van der Waals surface area contributed by atoms with Crippen LogP contribution in [0.3, 0.4) is 0 Å². The number of allylic oxidation sites excluding steroid dienone is 3. The normalized spacial score (nSPS) is 14.8. The molecule has 0 aromatic rings. The van der Waals surface area contributed by atoms with Gasteiger partial charge in [-0.05, 0) is 6.42 Å². The summed E-state index contributed by atoms with van der Waals surface area (Å²) in [7, 11) is 0. The third kappa shape index (κ3) is 3.03. The van der Waals surface area contributed by atoms with Gasteiger partial charge >= 0.3 is 5.97 Å². The predicted octanol–water partition coefficient (Wildman–Crippen LogP) is 1.83. The fraction of sp³-hybridized carbons (Fsp3) is 0.444. The maximum absolute atomic E-state index is 10.4. The highest BCUT2D eigenvalue weighted by molar-refractivity contribution is 5.65. The largest absolute Gasteiger partial charge is 0.466 e. The quantitative estimate of drug-likeness (QED) is 0.576. The second-order valence-electron chi connectivity index (χ2n) is 2.55. The van der Waals surface area contributed by atoms with Crippen molar-refractivity contribution in [3.8, 4) is 0 Å². The van der Waals surface area contributed by atoms with Gasteiger partial charge in [-0.25, -0.2) is 0 Å². The van der Waals surface area contributed by atoms with E-state index < -0.39 is 0 Å². The minimum atomic E-state index is -0.198. The molecule has 0 bridgehead atoms. The van der Waals surface area contributed by atoms with Crippen LogP contribution < -0.4 is 0 Å². The maximum atomic E-state index is 10.4. The number of rotatable bonds is 3. The lowest BCUT2D eigenvalue weighted by molar-refractivity contribution is -0.140. The second kappa shape index (κ2) is 3.96. The molecule has 0 aromatic carbocycles. The van der Waals surface area contributed by atoms with Crippen LogP contribution in [0.25, 0.3) is 0 Å². The molecule has 0 heterocycles. The molecule has 0 N–H and O–H groups in total. The van der Waals surface area contributed by atoms with E-state index in [0.717, 1.165) is 12.8 Å². The van der Waals surface area contributed by atoms with Gasteiger partial charge in [0.25, 0.3) is 0 Å². The van der Waals surface area contributed by atoms with E-state index in [9.17, 15) is 4.79 Å². The van der Waals surface area contributed by atoms with Crippen molar-refractivity contribution in [2.45, 2.75) is 19.8 Å².